The maximum atomic E-state index is 13.5. The van der Waals surface area contributed by atoms with E-state index in [4.69, 9.17) is 9.72 Å². The Bertz CT molecular complexity index is 1490. The first-order valence-electron chi connectivity index (χ1n) is 10.9. The lowest BCUT2D eigenvalue weighted by atomic mass is 9.97. The van der Waals surface area contributed by atoms with Crippen molar-refractivity contribution in [1.29, 1.82) is 0 Å². The van der Waals surface area contributed by atoms with Crippen molar-refractivity contribution < 1.29 is 9.53 Å². The normalized spacial score (nSPS) is 10.9. The van der Waals surface area contributed by atoms with Crippen molar-refractivity contribution in [3.8, 4) is 28.3 Å². The SMILES string of the molecule is COc1ccc(-c2nc3ccccc3c(C(=O)Nc3nc(-c4ccc(C)cc4)cs3)c2C)cc1. The number of benzene rings is 3. The number of rotatable bonds is 5. The highest BCUT2D eigenvalue weighted by atomic mass is 32.1. The number of amides is 1. The predicted molar refractivity (Wildman–Crippen MR) is 139 cm³/mol. The predicted octanol–water partition coefficient (Wildman–Crippen LogP) is 6.90. The number of para-hydroxylation sites is 1. The molecule has 6 heteroatoms. The highest BCUT2D eigenvalue weighted by Crippen LogP contribution is 2.32. The molecule has 0 saturated carbocycles. The summed E-state index contributed by atoms with van der Waals surface area (Å²) < 4.78 is 5.28. The van der Waals surface area contributed by atoms with Gasteiger partial charge in [0.2, 0.25) is 0 Å². The van der Waals surface area contributed by atoms with E-state index in [1.54, 1.807) is 7.11 Å². The third kappa shape index (κ3) is 4.16. The molecule has 0 aliphatic heterocycles. The Morgan fingerprint density at radius 2 is 1.59 bits per heavy atom. The summed E-state index contributed by atoms with van der Waals surface area (Å²) in [6, 6.07) is 23.6. The number of ether oxygens (including phenoxy) is 1. The Morgan fingerprint density at radius 3 is 2.32 bits per heavy atom. The number of carbonyl (C=O) groups excluding carboxylic acids is 1. The van der Waals surface area contributed by atoms with Gasteiger partial charge in [-0.15, -0.1) is 11.3 Å². The fourth-order valence-electron chi connectivity index (χ4n) is 3.98. The smallest absolute Gasteiger partial charge is 0.258 e. The van der Waals surface area contributed by atoms with Gasteiger partial charge in [-0.1, -0.05) is 48.0 Å². The van der Waals surface area contributed by atoms with E-state index in [1.165, 1.54) is 16.9 Å². The molecule has 0 fully saturated rings. The molecule has 0 spiro atoms. The summed E-state index contributed by atoms with van der Waals surface area (Å²) in [7, 11) is 1.64. The van der Waals surface area contributed by atoms with Gasteiger partial charge in [0, 0.05) is 21.9 Å². The van der Waals surface area contributed by atoms with E-state index < -0.39 is 0 Å². The van der Waals surface area contributed by atoms with Gasteiger partial charge in [0.05, 0.1) is 29.6 Å². The molecule has 168 valence electrons. The summed E-state index contributed by atoms with van der Waals surface area (Å²) >= 11 is 1.41. The second-order valence-electron chi connectivity index (χ2n) is 8.06. The van der Waals surface area contributed by atoms with Gasteiger partial charge < -0.3 is 4.74 Å². The third-order valence-corrected chi connectivity index (χ3v) is 6.56. The van der Waals surface area contributed by atoms with E-state index in [-0.39, 0.29) is 5.91 Å². The molecule has 5 rings (SSSR count). The van der Waals surface area contributed by atoms with E-state index in [0.717, 1.165) is 44.7 Å². The van der Waals surface area contributed by atoms with Crippen molar-refractivity contribution in [2.45, 2.75) is 13.8 Å². The quantitative estimate of drug-likeness (QED) is 0.306. The molecule has 0 bridgehead atoms. The molecule has 5 aromatic rings. The molecule has 0 atom stereocenters. The van der Waals surface area contributed by atoms with Crippen LogP contribution in [0.2, 0.25) is 0 Å². The van der Waals surface area contributed by atoms with Crippen LogP contribution in [0, 0.1) is 13.8 Å². The zero-order valence-corrected chi connectivity index (χ0v) is 19.9. The minimum Gasteiger partial charge on any atom is -0.497 e. The van der Waals surface area contributed by atoms with Crippen molar-refractivity contribution in [3.63, 3.8) is 0 Å². The third-order valence-electron chi connectivity index (χ3n) is 5.80. The first-order valence-corrected chi connectivity index (χ1v) is 11.8. The Morgan fingerprint density at radius 1 is 0.882 bits per heavy atom. The molecule has 34 heavy (non-hydrogen) atoms. The highest BCUT2D eigenvalue weighted by Gasteiger charge is 2.20. The number of thiazole rings is 1. The van der Waals surface area contributed by atoms with Gasteiger partial charge in [-0.05, 0) is 49.7 Å². The molecule has 2 aromatic heterocycles. The van der Waals surface area contributed by atoms with E-state index >= 15 is 0 Å². The van der Waals surface area contributed by atoms with E-state index in [2.05, 4.69) is 29.4 Å². The van der Waals surface area contributed by atoms with Crippen LogP contribution < -0.4 is 10.1 Å². The highest BCUT2D eigenvalue weighted by molar-refractivity contribution is 7.14. The standard InChI is InChI=1S/C28H23N3O2S/c1-17-8-10-19(11-9-17)24-16-34-28(30-24)31-27(32)25-18(2)26(20-12-14-21(33-3)15-13-20)29-23-7-5-4-6-22(23)25/h4-16H,1-3H3,(H,30,31,32). The minimum atomic E-state index is -0.198. The van der Waals surface area contributed by atoms with E-state index in [0.29, 0.717) is 10.7 Å². The van der Waals surface area contributed by atoms with Crippen LogP contribution in [0.4, 0.5) is 5.13 Å². The van der Waals surface area contributed by atoms with E-state index in [9.17, 15) is 4.79 Å². The average Bonchev–Trinajstić information content (AvgIpc) is 3.32. The zero-order valence-electron chi connectivity index (χ0n) is 19.1. The number of aryl methyl sites for hydroxylation is 1. The first kappa shape index (κ1) is 21.8. The fourth-order valence-corrected chi connectivity index (χ4v) is 4.69. The number of methoxy groups -OCH3 is 1. The van der Waals surface area contributed by atoms with Crippen molar-refractivity contribution in [3.05, 3.63) is 94.9 Å². The maximum Gasteiger partial charge on any atom is 0.258 e. The number of fused-ring (bicyclic) bond motifs is 1. The Kier molecular flexibility index (Phi) is 5.82. The van der Waals surface area contributed by atoms with Crippen LogP contribution in [0.5, 0.6) is 5.75 Å². The minimum absolute atomic E-state index is 0.198. The van der Waals surface area contributed by atoms with Gasteiger partial charge in [-0.3, -0.25) is 10.1 Å². The van der Waals surface area contributed by atoms with Crippen LogP contribution in [0.1, 0.15) is 21.5 Å². The van der Waals surface area contributed by atoms with Crippen LogP contribution in [-0.4, -0.2) is 23.0 Å². The van der Waals surface area contributed by atoms with Gasteiger partial charge in [0.15, 0.2) is 5.13 Å². The number of hydrogen-bond acceptors (Lipinski definition) is 5. The second-order valence-corrected chi connectivity index (χ2v) is 8.92. The molecule has 1 N–H and O–H groups in total. The molecule has 5 nitrogen and oxygen atoms in total. The first-order chi connectivity index (χ1) is 16.5. The molecule has 0 unspecified atom stereocenters. The monoisotopic (exact) mass is 465 g/mol. The number of nitrogens with zero attached hydrogens (tertiary/aromatic N) is 2. The van der Waals surface area contributed by atoms with Crippen LogP contribution in [0.25, 0.3) is 33.4 Å². The van der Waals surface area contributed by atoms with Crippen molar-refractivity contribution in [1.82, 2.24) is 9.97 Å². The van der Waals surface area contributed by atoms with Gasteiger partial charge >= 0.3 is 0 Å². The Labute approximate surface area is 202 Å². The summed E-state index contributed by atoms with van der Waals surface area (Å²) in [4.78, 5) is 23.0. The summed E-state index contributed by atoms with van der Waals surface area (Å²) in [5, 5.41) is 6.34. The van der Waals surface area contributed by atoms with Crippen molar-refractivity contribution in [2.75, 3.05) is 12.4 Å². The topological polar surface area (TPSA) is 64.1 Å². The maximum absolute atomic E-state index is 13.5. The molecule has 0 aliphatic carbocycles. The molecule has 0 saturated heterocycles. The molecular formula is C28H23N3O2S. The molecular weight excluding hydrogens is 442 g/mol. The number of aromatic nitrogens is 2. The number of pyridine rings is 1. The number of nitrogens with one attached hydrogen (secondary N) is 1. The molecule has 2 heterocycles. The Balaban J connectivity index is 1.53. The largest absolute Gasteiger partial charge is 0.497 e. The number of hydrogen-bond donors (Lipinski definition) is 1. The lowest BCUT2D eigenvalue weighted by Crippen LogP contribution is -2.15. The average molecular weight is 466 g/mol. The van der Waals surface area contributed by atoms with Crippen LogP contribution >= 0.6 is 11.3 Å². The van der Waals surface area contributed by atoms with Gasteiger partial charge in [0.25, 0.3) is 5.91 Å². The lowest BCUT2D eigenvalue weighted by molar-refractivity contribution is 0.102. The molecule has 0 radical (unpaired) electrons. The van der Waals surface area contributed by atoms with E-state index in [1.807, 2.05) is 73.0 Å². The molecule has 1 amide bonds. The number of carbonyl (C=O) groups is 1. The van der Waals surface area contributed by atoms with Crippen molar-refractivity contribution in [2.24, 2.45) is 0 Å². The van der Waals surface area contributed by atoms with Crippen molar-refractivity contribution >= 4 is 33.3 Å². The van der Waals surface area contributed by atoms with Crippen LogP contribution in [0.15, 0.2) is 78.2 Å². The number of anilines is 1. The molecule has 0 aliphatic rings. The van der Waals surface area contributed by atoms with Crippen LogP contribution in [0.3, 0.4) is 0 Å². The summed E-state index contributed by atoms with van der Waals surface area (Å²) in [6.45, 7) is 3.99. The molecule has 3 aromatic carbocycles. The van der Waals surface area contributed by atoms with Gasteiger partial charge in [0.1, 0.15) is 5.75 Å². The van der Waals surface area contributed by atoms with Gasteiger partial charge in [-0.2, -0.15) is 0 Å². The van der Waals surface area contributed by atoms with Gasteiger partial charge in [-0.25, -0.2) is 9.97 Å². The summed E-state index contributed by atoms with van der Waals surface area (Å²) in [5.41, 5.74) is 6.94. The Hall–Kier alpha value is -4.03. The second kappa shape index (κ2) is 9.08. The van der Waals surface area contributed by atoms with Crippen LogP contribution in [-0.2, 0) is 0 Å². The lowest BCUT2D eigenvalue weighted by Gasteiger charge is -2.14. The summed E-state index contributed by atoms with van der Waals surface area (Å²) in [5.74, 6) is 0.573. The zero-order chi connectivity index (χ0) is 23.7. The fraction of sp³-hybridized carbons (Fsp3) is 0.107. The summed E-state index contributed by atoms with van der Waals surface area (Å²) in [6.07, 6.45) is 0.